The van der Waals surface area contributed by atoms with Gasteiger partial charge >= 0.3 is 0 Å². The molecule has 2 unspecified atom stereocenters. The van der Waals surface area contributed by atoms with E-state index in [0.29, 0.717) is 33.7 Å². The van der Waals surface area contributed by atoms with Gasteiger partial charge < -0.3 is 14.8 Å². The molecule has 0 saturated carbocycles. The second kappa shape index (κ2) is 8.86. The van der Waals surface area contributed by atoms with Crippen molar-refractivity contribution in [1.82, 2.24) is 4.90 Å². The summed E-state index contributed by atoms with van der Waals surface area (Å²) in [6.07, 6.45) is 0.759. The maximum atomic E-state index is 12.8. The zero-order chi connectivity index (χ0) is 22.1. The van der Waals surface area contributed by atoms with Crippen molar-refractivity contribution in [1.29, 1.82) is 0 Å². The number of amides is 3. The highest BCUT2D eigenvalue weighted by molar-refractivity contribution is 6.35. The van der Waals surface area contributed by atoms with E-state index in [0.717, 1.165) is 12.8 Å². The van der Waals surface area contributed by atoms with Gasteiger partial charge in [0.1, 0.15) is 5.75 Å². The van der Waals surface area contributed by atoms with Crippen LogP contribution in [0.5, 0.6) is 5.75 Å². The van der Waals surface area contributed by atoms with Crippen molar-refractivity contribution in [2.45, 2.75) is 32.0 Å². The Morgan fingerprint density at radius 1 is 1.19 bits per heavy atom. The van der Waals surface area contributed by atoms with Crippen molar-refractivity contribution in [3.05, 3.63) is 57.6 Å². The number of hydrogen-bond acceptors (Lipinski definition) is 5. The highest BCUT2D eigenvalue weighted by Crippen LogP contribution is 2.29. The number of benzene rings is 2. The van der Waals surface area contributed by atoms with E-state index in [1.54, 1.807) is 31.2 Å². The Labute approximate surface area is 189 Å². The topological polar surface area (TPSA) is 84.9 Å². The van der Waals surface area contributed by atoms with Crippen molar-refractivity contribution < 1.29 is 23.9 Å². The van der Waals surface area contributed by atoms with Crippen molar-refractivity contribution in [3.63, 3.8) is 0 Å². The number of anilines is 1. The molecule has 2 heterocycles. The second-order valence-corrected chi connectivity index (χ2v) is 8.28. The summed E-state index contributed by atoms with van der Waals surface area (Å²) in [6, 6.07) is 9.34. The van der Waals surface area contributed by atoms with E-state index < -0.39 is 12.0 Å². The van der Waals surface area contributed by atoms with Crippen LogP contribution in [0.1, 0.15) is 40.5 Å². The summed E-state index contributed by atoms with van der Waals surface area (Å²) in [5.41, 5.74) is 0.967. The molecule has 0 radical (unpaired) electrons. The van der Waals surface area contributed by atoms with E-state index in [2.05, 4.69) is 5.32 Å². The summed E-state index contributed by atoms with van der Waals surface area (Å²) < 4.78 is 11.2. The monoisotopic (exact) mass is 462 g/mol. The predicted molar refractivity (Wildman–Crippen MR) is 116 cm³/mol. The number of carbonyl (C=O) groups is 3. The molecule has 3 amide bonds. The second-order valence-electron chi connectivity index (χ2n) is 7.44. The minimum atomic E-state index is -0.861. The summed E-state index contributed by atoms with van der Waals surface area (Å²) in [5, 5.41) is 3.46. The molecule has 2 atom stereocenters. The number of rotatable bonds is 6. The Hall–Kier alpha value is -2.61. The summed E-state index contributed by atoms with van der Waals surface area (Å²) in [6.45, 7) is 2.46. The number of hydrogen-bond donors (Lipinski definition) is 1. The minimum absolute atomic E-state index is 0.126. The summed E-state index contributed by atoms with van der Waals surface area (Å²) in [4.78, 5) is 39.1. The lowest BCUT2D eigenvalue weighted by Crippen LogP contribution is -2.36. The van der Waals surface area contributed by atoms with Crippen LogP contribution in [0.3, 0.4) is 0 Å². The van der Waals surface area contributed by atoms with Gasteiger partial charge in [-0.25, -0.2) is 0 Å². The minimum Gasteiger partial charge on any atom is -0.479 e. The van der Waals surface area contributed by atoms with Crippen LogP contribution in [0, 0.1) is 0 Å². The smallest absolute Gasteiger partial charge is 0.265 e. The lowest BCUT2D eigenvalue weighted by atomic mass is 10.1. The van der Waals surface area contributed by atoms with Gasteiger partial charge in [-0.3, -0.25) is 19.3 Å². The molecule has 2 aromatic carbocycles. The molecule has 1 saturated heterocycles. The molecule has 2 aliphatic rings. The molecular weight excluding hydrogens is 443 g/mol. The van der Waals surface area contributed by atoms with Crippen molar-refractivity contribution in [2.75, 3.05) is 18.5 Å². The molecule has 1 fully saturated rings. The largest absolute Gasteiger partial charge is 0.479 e. The zero-order valence-electron chi connectivity index (χ0n) is 16.7. The van der Waals surface area contributed by atoms with Gasteiger partial charge in [0.05, 0.1) is 28.8 Å². The lowest BCUT2D eigenvalue weighted by Gasteiger charge is -2.17. The number of ether oxygens (including phenoxy) is 2. The van der Waals surface area contributed by atoms with Gasteiger partial charge in [-0.05, 0) is 56.2 Å². The molecule has 4 rings (SSSR count). The van der Waals surface area contributed by atoms with Gasteiger partial charge in [0.25, 0.3) is 17.7 Å². The number of carbonyl (C=O) groups excluding carboxylic acids is 3. The molecular formula is C22H20Cl2N2O5. The van der Waals surface area contributed by atoms with E-state index in [4.69, 9.17) is 32.7 Å². The number of imide groups is 1. The van der Waals surface area contributed by atoms with Crippen LogP contribution in [0.25, 0.3) is 0 Å². The third-order valence-corrected chi connectivity index (χ3v) is 5.75. The number of nitrogens with zero attached hydrogens (tertiary/aromatic N) is 1. The Morgan fingerprint density at radius 3 is 2.68 bits per heavy atom. The Kier molecular flexibility index (Phi) is 6.18. The molecule has 0 spiro atoms. The standard InChI is InChI=1S/C22H20Cl2N2O5/c1-12(31-19-7-4-13(23)9-18(19)24)20(27)25-14-5-6-16-17(10-14)22(29)26(21(16)28)11-15-3-2-8-30-15/h4-7,9-10,12,15H,2-3,8,11H2,1H3,(H,25,27). The van der Waals surface area contributed by atoms with Crippen molar-refractivity contribution in [2.24, 2.45) is 0 Å². The average Bonchev–Trinajstić information content (AvgIpc) is 3.33. The molecule has 0 aromatic heterocycles. The third-order valence-electron chi connectivity index (χ3n) is 5.22. The van der Waals surface area contributed by atoms with E-state index in [1.165, 1.54) is 17.0 Å². The quantitative estimate of drug-likeness (QED) is 0.650. The summed E-state index contributed by atoms with van der Waals surface area (Å²) >= 11 is 12.0. The van der Waals surface area contributed by atoms with Crippen LogP contribution in [-0.4, -0.2) is 48.0 Å². The van der Waals surface area contributed by atoms with Gasteiger partial charge in [0.2, 0.25) is 0 Å². The van der Waals surface area contributed by atoms with Gasteiger partial charge in [-0.1, -0.05) is 23.2 Å². The third kappa shape index (κ3) is 4.54. The molecule has 9 heteroatoms. The van der Waals surface area contributed by atoms with E-state index in [1.807, 2.05) is 0 Å². The number of nitrogens with one attached hydrogen (secondary N) is 1. The Balaban J connectivity index is 1.43. The average molecular weight is 463 g/mol. The van der Waals surface area contributed by atoms with E-state index in [-0.39, 0.29) is 30.0 Å². The van der Waals surface area contributed by atoms with Gasteiger partial charge in [0.15, 0.2) is 6.10 Å². The zero-order valence-corrected chi connectivity index (χ0v) is 18.2. The first-order valence-electron chi connectivity index (χ1n) is 9.88. The molecule has 2 aliphatic heterocycles. The Bertz CT molecular complexity index is 1050. The molecule has 7 nitrogen and oxygen atoms in total. The van der Waals surface area contributed by atoms with Crippen LogP contribution in [0.4, 0.5) is 5.69 Å². The highest BCUT2D eigenvalue weighted by Gasteiger charge is 2.37. The SMILES string of the molecule is CC(Oc1ccc(Cl)cc1Cl)C(=O)Nc1ccc2c(c1)C(=O)N(CC1CCCO1)C2=O. The van der Waals surface area contributed by atoms with E-state index in [9.17, 15) is 14.4 Å². The fraction of sp³-hybridized carbons (Fsp3) is 0.318. The molecule has 162 valence electrons. The first-order valence-corrected chi connectivity index (χ1v) is 10.6. The van der Waals surface area contributed by atoms with Gasteiger partial charge in [-0.15, -0.1) is 0 Å². The maximum absolute atomic E-state index is 12.8. The molecule has 1 N–H and O–H groups in total. The molecule has 0 aliphatic carbocycles. The first kappa shape index (κ1) is 21.6. The molecule has 31 heavy (non-hydrogen) atoms. The molecule has 2 aromatic rings. The predicted octanol–water partition coefficient (Wildman–Crippen LogP) is 4.17. The first-order chi connectivity index (χ1) is 14.8. The maximum Gasteiger partial charge on any atom is 0.265 e. The van der Waals surface area contributed by atoms with Crippen LogP contribution in [0.15, 0.2) is 36.4 Å². The fourth-order valence-corrected chi connectivity index (χ4v) is 4.04. The van der Waals surface area contributed by atoms with Crippen molar-refractivity contribution >= 4 is 46.6 Å². The van der Waals surface area contributed by atoms with Gasteiger partial charge in [-0.2, -0.15) is 0 Å². The highest BCUT2D eigenvalue weighted by atomic mass is 35.5. The van der Waals surface area contributed by atoms with Gasteiger partial charge in [0, 0.05) is 17.3 Å². The normalized spacial score (nSPS) is 18.8. The number of halogens is 2. The van der Waals surface area contributed by atoms with Crippen LogP contribution >= 0.6 is 23.2 Å². The summed E-state index contributed by atoms with van der Waals surface area (Å²) in [7, 11) is 0. The molecule has 0 bridgehead atoms. The fourth-order valence-electron chi connectivity index (χ4n) is 3.58. The Morgan fingerprint density at radius 2 is 1.97 bits per heavy atom. The van der Waals surface area contributed by atoms with Crippen LogP contribution in [-0.2, 0) is 9.53 Å². The van der Waals surface area contributed by atoms with E-state index >= 15 is 0 Å². The van der Waals surface area contributed by atoms with Crippen molar-refractivity contribution in [3.8, 4) is 5.75 Å². The van der Waals surface area contributed by atoms with Crippen LogP contribution in [0.2, 0.25) is 10.0 Å². The lowest BCUT2D eigenvalue weighted by molar-refractivity contribution is -0.122. The summed E-state index contributed by atoms with van der Waals surface area (Å²) in [5.74, 6) is -0.835. The number of fused-ring (bicyclic) bond motifs is 1. The van der Waals surface area contributed by atoms with Crippen LogP contribution < -0.4 is 10.1 Å².